The number of ether oxygens (including phenoxy) is 1. The van der Waals surface area contributed by atoms with Crippen molar-refractivity contribution in [3.05, 3.63) is 12.2 Å². The Morgan fingerprint density at radius 1 is 1.30 bits per heavy atom. The third-order valence-electron chi connectivity index (χ3n) is 5.33. The Labute approximate surface area is 159 Å². The van der Waals surface area contributed by atoms with E-state index >= 15 is 0 Å². The average molecular weight is 385 g/mol. The van der Waals surface area contributed by atoms with Crippen LogP contribution in [0.2, 0.25) is 0 Å². The summed E-state index contributed by atoms with van der Waals surface area (Å²) in [7, 11) is 0. The second-order valence-corrected chi connectivity index (χ2v) is 7.94. The number of hydrogen-bond acceptors (Lipinski definition) is 6. The van der Waals surface area contributed by atoms with Gasteiger partial charge in [0.15, 0.2) is 0 Å². The number of carbonyl (C=O) groups excluding carboxylic acids is 1. The molecule has 27 heavy (non-hydrogen) atoms. The molecule has 4 atom stereocenters. The predicted molar refractivity (Wildman–Crippen MR) is 98.1 cm³/mol. The molecule has 1 heterocycles. The van der Waals surface area contributed by atoms with E-state index in [1.165, 1.54) is 0 Å². The maximum atomic E-state index is 12.0. The number of aliphatic carboxylic acids is 2. The van der Waals surface area contributed by atoms with E-state index in [1.807, 2.05) is 6.92 Å². The van der Waals surface area contributed by atoms with E-state index in [2.05, 4.69) is 6.58 Å². The van der Waals surface area contributed by atoms with Gasteiger partial charge in [0.2, 0.25) is 0 Å². The zero-order chi connectivity index (χ0) is 20.9. The van der Waals surface area contributed by atoms with Crippen molar-refractivity contribution in [3.8, 4) is 0 Å². The first-order valence-corrected chi connectivity index (χ1v) is 9.10. The first kappa shape index (κ1) is 23.1. The van der Waals surface area contributed by atoms with Gasteiger partial charge in [-0.25, -0.2) is 0 Å². The molecule has 1 saturated heterocycles. The molecule has 0 radical (unpaired) electrons. The van der Waals surface area contributed by atoms with Gasteiger partial charge in [-0.05, 0) is 33.1 Å². The molecule has 8 heteroatoms. The maximum absolute atomic E-state index is 12.0. The number of rotatable bonds is 10. The van der Waals surface area contributed by atoms with Crippen LogP contribution in [0.3, 0.4) is 0 Å². The maximum Gasteiger partial charge on any atom is 0.321 e. The minimum Gasteiger partial charge on any atom is -0.481 e. The highest BCUT2D eigenvalue weighted by Gasteiger charge is 2.47. The highest BCUT2D eigenvalue weighted by atomic mass is 16.5. The molecule has 1 aliphatic rings. The summed E-state index contributed by atoms with van der Waals surface area (Å²) in [4.78, 5) is 36.5. The molecule has 4 unspecified atom stereocenters. The molecule has 8 nitrogen and oxygen atoms in total. The number of β-amino-alcohol motifs (C(OH)–C–C–N with tert-alkyl or cyclic N) is 1. The summed E-state index contributed by atoms with van der Waals surface area (Å²) < 4.78 is 5.16. The first-order valence-electron chi connectivity index (χ1n) is 9.10. The quantitative estimate of drug-likeness (QED) is 0.380. The zero-order valence-electron chi connectivity index (χ0n) is 16.5. The molecule has 1 fully saturated rings. The molecule has 3 N–H and O–H groups in total. The van der Waals surface area contributed by atoms with Gasteiger partial charge in [0.1, 0.15) is 18.8 Å². The molecule has 1 aliphatic heterocycles. The van der Waals surface area contributed by atoms with Gasteiger partial charge in [-0.3, -0.25) is 19.3 Å². The number of aliphatic hydroxyl groups excluding tert-OH is 1. The Kier molecular flexibility index (Phi) is 7.98. The summed E-state index contributed by atoms with van der Waals surface area (Å²) in [5, 5.41) is 29.0. The number of nitrogens with zero attached hydrogens (tertiary/aromatic N) is 1. The lowest BCUT2D eigenvalue weighted by atomic mass is 9.84. The van der Waals surface area contributed by atoms with Gasteiger partial charge < -0.3 is 20.1 Å². The minimum absolute atomic E-state index is 0.0311. The molecule has 0 spiro atoms. The van der Waals surface area contributed by atoms with Crippen molar-refractivity contribution < 1.29 is 34.4 Å². The van der Waals surface area contributed by atoms with Crippen molar-refractivity contribution in [2.45, 2.75) is 52.7 Å². The molecule has 0 aliphatic carbocycles. The van der Waals surface area contributed by atoms with Gasteiger partial charge in [-0.1, -0.05) is 19.1 Å². The third kappa shape index (κ3) is 6.04. The molecular weight excluding hydrogens is 354 g/mol. The summed E-state index contributed by atoms with van der Waals surface area (Å²) >= 11 is 0. The van der Waals surface area contributed by atoms with Crippen LogP contribution in [0.5, 0.6) is 0 Å². The average Bonchev–Trinajstić information content (AvgIpc) is 2.89. The normalized spacial score (nSPS) is 24.4. The Morgan fingerprint density at radius 2 is 1.89 bits per heavy atom. The predicted octanol–water partition coefficient (Wildman–Crippen LogP) is 1.38. The largest absolute Gasteiger partial charge is 0.481 e. The van der Waals surface area contributed by atoms with Crippen LogP contribution in [0.4, 0.5) is 0 Å². The van der Waals surface area contributed by atoms with Crippen molar-refractivity contribution >= 4 is 17.9 Å². The Morgan fingerprint density at radius 3 is 2.33 bits per heavy atom. The van der Waals surface area contributed by atoms with Crippen molar-refractivity contribution in [2.75, 3.05) is 19.7 Å². The monoisotopic (exact) mass is 385 g/mol. The summed E-state index contributed by atoms with van der Waals surface area (Å²) in [6.45, 7) is 11.0. The van der Waals surface area contributed by atoms with E-state index in [0.29, 0.717) is 12.0 Å². The van der Waals surface area contributed by atoms with Crippen molar-refractivity contribution in [2.24, 2.45) is 17.3 Å². The second kappa shape index (κ2) is 9.32. The van der Waals surface area contributed by atoms with Gasteiger partial charge in [0, 0.05) is 19.0 Å². The highest BCUT2D eigenvalue weighted by Crippen LogP contribution is 2.36. The van der Waals surface area contributed by atoms with Crippen LogP contribution < -0.4 is 0 Å². The molecule has 0 amide bonds. The third-order valence-corrected chi connectivity index (χ3v) is 5.33. The minimum atomic E-state index is -1.14. The van der Waals surface area contributed by atoms with Crippen molar-refractivity contribution in [1.82, 2.24) is 4.90 Å². The lowest BCUT2D eigenvalue weighted by Gasteiger charge is -2.27. The number of hydrogen-bond donors (Lipinski definition) is 3. The Balaban J connectivity index is 2.82. The smallest absolute Gasteiger partial charge is 0.321 e. The lowest BCUT2D eigenvalue weighted by Crippen LogP contribution is -2.45. The lowest BCUT2D eigenvalue weighted by molar-refractivity contribution is -0.158. The van der Waals surface area contributed by atoms with Crippen LogP contribution in [0.25, 0.3) is 0 Å². The molecule has 0 saturated carbocycles. The summed E-state index contributed by atoms with van der Waals surface area (Å²) in [6.07, 6.45) is -0.773. The van der Waals surface area contributed by atoms with Crippen LogP contribution in [-0.4, -0.2) is 70.0 Å². The summed E-state index contributed by atoms with van der Waals surface area (Å²) in [6, 6.07) is -1.04. The fourth-order valence-electron chi connectivity index (χ4n) is 3.33. The molecule has 0 aromatic carbocycles. The van der Waals surface area contributed by atoms with E-state index in [0.717, 1.165) is 0 Å². The van der Waals surface area contributed by atoms with Gasteiger partial charge >= 0.3 is 17.9 Å². The van der Waals surface area contributed by atoms with E-state index < -0.39 is 41.4 Å². The topological polar surface area (TPSA) is 124 Å². The number of carbonyl (C=O) groups is 3. The second-order valence-electron chi connectivity index (χ2n) is 7.94. The Bertz CT molecular complexity index is 587. The van der Waals surface area contributed by atoms with Crippen LogP contribution >= 0.6 is 0 Å². The van der Waals surface area contributed by atoms with E-state index in [9.17, 15) is 24.6 Å². The first-order chi connectivity index (χ1) is 12.4. The van der Waals surface area contributed by atoms with Gasteiger partial charge in [0.05, 0.1) is 11.8 Å². The number of carboxylic acid groups (broad SMARTS) is 2. The molecule has 0 bridgehead atoms. The summed E-state index contributed by atoms with van der Waals surface area (Å²) in [5.74, 6) is -3.57. The SMILES string of the molecule is C=C(C)C1CN(CC(O)COC(=O)C(C)(C)CC)C(C(=O)O)C1CC(=O)O. The van der Waals surface area contributed by atoms with Crippen LogP contribution in [0.1, 0.15) is 40.5 Å². The number of likely N-dealkylation sites (tertiary alicyclic amines) is 1. The Hall–Kier alpha value is -1.93. The van der Waals surface area contributed by atoms with E-state index in [1.54, 1.807) is 25.7 Å². The highest BCUT2D eigenvalue weighted by molar-refractivity contribution is 5.77. The van der Waals surface area contributed by atoms with Crippen LogP contribution in [-0.2, 0) is 19.1 Å². The molecule has 0 aromatic rings. The van der Waals surface area contributed by atoms with Crippen molar-refractivity contribution in [1.29, 1.82) is 0 Å². The summed E-state index contributed by atoms with van der Waals surface area (Å²) in [5.41, 5.74) is 0.0508. The fourth-order valence-corrected chi connectivity index (χ4v) is 3.33. The molecule has 154 valence electrons. The van der Waals surface area contributed by atoms with Gasteiger partial charge in [0.25, 0.3) is 0 Å². The van der Waals surface area contributed by atoms with Crippen molar-refractivity contribution in [3.63, 3.8) is 0 Å². The number of esters is 1. The van der Waals surface area contributed by atoms with Crippen LogP contribution in [0, 0.1) is 17.3 Å². The zero-order valence-corrected chi connectivity index (χ0v) is 16.5. The molecule has 1 rings (SSSR count). The fraction of sp³-hybridized carbons (Fsp3) is 0.737. The molecule has 0 aromatic heterocycles. The molecular formula is C19H31NO7. The standard InChI is InChI=1S/C19H31NO7/c1-6-19(4,5)18(26)27-10-12(21)8-20-9-14(11(2)3)13(7-15(22)23)16(20)17(24)25/h12-14,16,21H,2,6-10H2,1,3-5H3,(H,22,23)(H,24,25). The van der Waals surface area contributed by atoms with Gasteiger partial charge in [-0.15, -0.1) is 0 Å². The van der Waals surface area contributed by atoms with Crippen LogP contribution in [0.15, 0.2) is 12.2 Å². The van der Waals surface area contributed by atoms with E-state index in [-0.39, 0.29) is 32.0 Å². The van der Waals surface area contributed by atoms with E-state index in [4.69, 9.17) is 9.84 Å². The number of aliphatic hydroxyl groups is 1. The van der Waals surface area contributed by atoms with Gasteiger partial charge in [-0.2, -0.15) is 0 Å². The number of carboxylic acids is 2.